The molecule has 0 aliphatic carbocycles. The summed E-state index contributed by atoms with van der Waals surface area (Å²) >= 11 is -3.67. The summed E-state index contributed by atoms with van der Waals surface area (Å²) in [5.41, 5.74) is 0. The molecule has 2 aromatic rings. The maximum absolute atomic E-state index is 14.2. The molecule has 20 heavy (non-hydrogen) atoms. The second-order valence-electron chi connectivity index (χ2n) is 3.80. The van der Waals surface area contributed by atoms with E-state index in [4.69, 9.17) is 4.55 Å². The number of alkyl halides is 3. The van der Waals surface area contributed by atoms with Crippen LogP contribution in [0.4, 0.5) is 8.78 Å². The van der Waals surface area contributed by atoms with Crippen LogP contribution in [0.1, 0.15) is 0 Å². The summed E-state index contributed by atoms with van der Waals surface area (Å²) in [6.45, 7) is 0. The first-order chi connectivity index (χ1) is 9.34. The van der Waals surface area contributed by atoms with Crippen molar-refractivity contribution < 1.29 is 21.8 Å². The van der Waals surface area contributed by atoms with Crippen LogP contribution in [0.3, 0.4) is 0 Å². The van der Waals surface area contributed by atoms with E-state index >= 15 is 0 Å². The van der Waals surface area contributed by atoms with Gasteiger partial charge in [-0.15, -0.1) is 0 Å². The van der Waals surface area contributed by atoms with Crippen LogP contribution >= 0.6 is 19.8 Å². The fourth-order valence-electron chi connectivity index (χ4n) is 1.56. The fraction of sp³-hybridized carbons (Fsp3) is 0.0769. The normalized spacial score (nSPS) is 13.1. The van der Waals surface area contributed by atoms with Gasteiger partial charge in [0.25, 0.3) is 0 Å². The standard InChI is InChI=1S/C13H11F2IO3S/c14-13(15,20(17,18)19)16(11-7-3-1-4-8-11)12-9-5-2-6-10-12/h1-10H,(H,17,18,19). The summed E-state index contributed by atoms with van der Waals surface area (Å²) in [7, 11) is -5.46. The maximum atomic E-state index is 14.2. The predicted octanol–water partition coefficient (Wildman–Crippen LogP) is 3.67. The van der Waals surface area contributed by atoms with Crippen molar-refractivity contribution >= 4 is 29.9 Å². The van der Waals surface area contributed by atoms with Gasteiger partial charge < -0.3 is 0 Å². The second-order valence-corrected chi connectivity index (χ2v) is 11.5. The molecule has 108 valence electrons. The summed E-state index contributed by atoms with van der Waals surface area (Å²) in [5, 5.41) is 0. The molecular formula is C13H11F2IO3S. The molecule has 2 rings (SSSR count). The summed E-state index contributed by atoms with van der Waals surface area (Å²) in [6.07, 6.45) is 0. The third-order valence-corrected chi connectivity index (χ3v) is 10.9. The first-order valence-corrected chi connectivity index (χ1v) is 10.2. The molecule has 0 radical (unpaired) electrons. The number of hydrogen-bond acceptors (Lipinski definition) is 2. The molecule has 0 aromatic heterocycles. The monoisotopic (exact) mass is 412 g/mol. The van der Waals surface area contributed by atoms with Crippen molar-refractivity contribution in [2.75, 3.05) is 0 Å². The zero-order valence-corrected chi connectivity index (χ0v) is 13.1. The van der Waals surface area contributed by atoms with Gasteiger partial charge in [-0.05, 0) is 0 Å². The van der Waals surface area contributed by atoms with Gasteiger partial charge in [0.15, 0.2) is 0 Å². The van der Waals surface area contributed by atoms with Crippen LogP contribution in [0.25, 0.3) is 0 Å². The molecule has 0 atom stereocenters. The predicted molar refractivity (Wildman–Crippen MR) is 80.8 cm³/mol. The Kier molecular flexibility index (Phi) is 4.40. The van der Waals surface area contributed by atoms with Crippen molar-refractivity contribution in [3.63, 3.8) is 0 Å². The van der Waals surface area contributed by atoms with Crippen LogP contribution in [-0.2, 0) is 10.1 Å². The quantitative estimate of drug-likeness (QED) is 0.474. The van der Waals surface area contributed by atoms with Crippen molar-refractivity contribution in [2.24, 2.45) is 0 Å². The Bertz CT molecular complexity index is 636. The SMILES string of the molecule is O=S(=O)(O)C(F)(F)I(c1ccccc1)c1ccccc1. The average Bonchev–Trinajstić information content (AvgIpc) is 2.40. The molecule has 0 saturated carbocycles. The molecule has 0 fully saturated rings. The van der Waals surface area contributed by atoms with Crippen molar-refractivity contribution in [2.45, 2.75) is 3.26 Å². The molecule has 0 amide bonds. The minimum atomic E-state index is -5.46. The second kappa shape index (κ2) is 5.74. The fourth-order valence-corrected chi connectivity index (χ4v) is 9.06. The Morgan fingerprint density at radius 2 is 1.20 bits per heavy atom. The van der Waals surface area contributed by atoms with E-state index in [2.05, 4.69) is 0 Å². The summed E-state index contributed by atoms with van der Waals surface area (Å²) in [4.78, 5) is 0. The molecule has 2 aromatic carbocycles. The van der Waals surface area contributed by atoms with Crippen molar-refractivity contribution in [1.29, 1.82) is 0 Å². The van der Waals surface area contributed by atoms with Crippen LogP contribution in [0.15, 0.2) is 60.7 Å². The van der Waals surface area contributed by atoms with Gasteiger partial charge in [0, 0.05) is 0 Å². The number of halogens is 3. The molecule has 0 heterocycles. The molecule has 0 aliphatic heterocycles. The Morgan fingerprint density at radius 3 is 1.50 bits per heavy atom. The first-order valence-electron chi connectivity index (χ1n) is 5.49. The molecule has 1 N–H and O–H groups in total. The van der Waals surface area contributed by atoms with Gasteiger partial charge in [0.2, 0.25) is 0 Å². The molecule has 0 spiro atoms. The van der Waals surface area contributed by atoms with E-state index in [1.54, 1.807) is 36.4 Å². The van der Waals surface area contributed by atoms with Crippen molar-refractivity contribution in [3.8, 4) is 0 Å². The van der Waals surface area contributed by atoms with Crippen LogP contribution in [0.5, 0.6) is 0 Å². The van der Waals surface area contributed by atoms with Crippen LogP contribution in [0, 0.1) is 7.14 Å². The van der Waals surface area contributed by atoms with E-state index in [-0.39, 0.29) is 7.14 Å². The van der Waals surface area contributed by atoms with Crippen LogP contribution < -0.4 is 0 Å². The Labute approximate surface area is 122 Å². The van der Waals surface area contributed by atoms with Gasteiger partial charge >= 0.3 is 123 Å². The van der Waals surface area contributed by atoms with E-state index in [9.17, 15) is 17.2 Å². The first kappa shape index (κ1) is 15.3. The van der Waals surface area contributed by atoms with Gasteiger partial charge in [-0.25, -0.2) is 0 Å². The van der Waals surface area contributed by atoms with Gasteiger partial charge in [-0.2, -0.15) is 0 Å². The van der Waals surface area contributed by atoms with Gasteiger partial charge in [0.05, 0.1) is 0 Å². The minimum absolute atomic E-state index is 0.269. The summed E-state index contributed by atoms with van der Waals surface area (Å²) < 4.78 is 55.9. The molecule has 0 aliphatic rings. The van der Waals surface area contributed by atoms with E-state index in [0.29, 0.717) is 0 Å². The third kappa shape index (κ3) is 2.99. The van der Waals surface area contributed by atoms with E-state index in [0.717, 1.165) is 0 Å². The van der Waals surface area contributed by atoms with E-state index in [1.807, 2.05) is 0 Å². The molecular weight excluding hydrogens is 401 g/mol. The zero-order valence-electron chi connectivity index (χ0n) is 10.1. The van der Waals surface area contributed by atoms with E-state index in [1.165, 1.54) is 24.3 Å². The molecule has 3 nitrogen and oxygen atoms in total. The molecule has 0 saturated heterocycles. The van der Waals surface area contributed by atoms with E-state index < -0.39 is 33.2 Å². The number of rotatable bonds is 4. The van der Waals surface area contributed by atoms with Crippen LogP contribution in [-0.4, -0.2) is 16.2 Å². The Balaban J connectivity index is 2.63. The van der Waals surface area contributed by atoms with Crippen molar-refractivity contribution in [3.05, 3.63) is 67.8 Å². The van der Waals surface area contributed by atoms with Gasteiger partial charge in [-0.1, -0.05) is 0 Å². The zero-order chi connectivity index (χ0) is 14.8. The van der Waals surface area contributed by atoms with Crippen LogP contribution in [0.2, 0.25) is 0 Å². The summed E-state index contributed by atoms with van der Waals surface area (Å²) in [5.74, 6) is 0. The van der Waals surface area contributed by atoms with Crippen molar-refractivity contribution in [1.82, 2.24) is 0 Å². The molecule has 0 unspecified atom stereocenters. The topological polar surface area (TPSA) is 54.4 Å². The average molecular weight is 412 g/mol. The number of benzene rings is 2. The summed E-state index contributed by atoms with van der Waals surface area (Å²) in [6, 6.07) is 15.5. The Hall–Kier alpha value is -1.06. The molecule has 0 bridgehead atoms. The Morgan fingerprint density at radius 1 is 0.850 bits per heavy atom. The molecule has 7 heteroatoms. The van der Waals surface area contributed by atoms with Gasteiger partial charge in [-0.3, -0.25) is 0 Å². The number of hydrogen-bond donors (Lipinski definition) is 1. The third-order valence-electron chi connectivity index (χ3n) is 2.42. The van der Waals surface area contributed by atoms with Gasteiger partial charge in [0.1, 0.15) is 0 Å².